The Hall–Kier alpha value is -1.51. The van der Waals surface area contributed by atoms with Crippen LogP contribution in [0.4, 0.5) is 4.39 Å². The fraction of sp³-hybridized carbons (Fsp3) is 0.364. The predicted octanol–water partition coefficient (Wildman–Crippen LogP) is -0.301. The van der Waals surface area contributed by atoms with Gasteiger partial charge in [0.1, 0.15) is 5.82 Å². The van der Waals surface area contributed by atoms with Gasteiger partial charge in [0.05, 0.1) is 4.90 Å². The van der Waals surface area contributed by atoms with Crippen LogP contribution in [0.15, 0.2) is 23.1 Å². The lowest BCUT2D eigenvalue weighted by Gasteiger charge is -2.11. The molecule has 0 saturated carbocycles. The Bertz CT molecular complexity index is 560. The number of hydrogen-bond donors (Lipinski definition) is 3. The molecular formula is C11H16FN3O3S. The zero-order valence-corrected chi connectivity index (χ0v) is 11.3. The van der Waals surface area contributed by atoms with Crippen LogP contribution in [0.2, 0.25) is 0 Å². The van der Waals surface area contributed by atoms with Gasteiger partial charge >= 0.3 is 0 Å². The van der Waals surface area contributed by atoms with E-state index in [1.807, 2.05) is 0 Å². The Balaban J connectivity index is 2.83. The Morgan fingerprint density at radius 1 is 1.37 bits per heavy atom. The lowest BCUT2D eigenvalue weighted by molar-refractivity contribution is -0.118. The van der Waals surface area contributed by atoms with E-state index in [2.05, 4.69) is 10.0 Å². The first kappa shape index (κ1) is 15.5. The van der Waals surface area contributed by atoms with Crippen molar-refractivity contribution in [1.29, 1.82) is 0 Å². The van der Waals surface area contributed by atoms with Crippen molar-refractivity contribution < 1.29 is 17.6 Å². The fourth-order valence-corrected chi connectivity index (χ4v) is 2.78. The number of hydrogen-bond acceptors (Lipinski definition) is 4. The van der Waals surface area contributed by atoms with Gasteiger partial charge in [-0.25, -0.2) is 17.5 Å². The molecule has 0 spiro atoms. The van der Waals surface area contributed by atoms with Gasteiger partial charge in [-0.05, 0) is 12.1 Å². The minimum absolute atomic E-state index is 0.0163. The summed E-state index contributed by atoms with van der Waals surface area (Å²) in [5, 5.41) is 2.44. The number of nitrogens with two attached hydrogens (primary N) is 1. The number of carbonyl (C=O) groups excluding carboxylic acids is 1. The van der Waals surface area contributed by atoms with Crippen LogP contribution in [-0.2, 0) is 21.4 Å². The summed E-state index contributed by atoms with van der Waals surface area (Å²) in [5.41, 5.74) is 5.29. The van der Waals surface area contributed by atoms with E-state index in [-0.39, 0.29) is 36.0 Å². The van der Waals surface area contributed by atoms with E-state index in [4.69, 9.17) is 5.73 Å². The number of carbonyl (C=O) groups is 1. The van der Waals surface area contributed by atoms with Crippen LogP contribution in [0.5, 0.6) is 0 Å². The van der Waals surface area contributed by atoms with Gasteiger partial charge in [0.15, 0.2) is 0 Å². The number of sulfonamides is 1. The van der Waals surface area contributed by atoms with E-state index in [9.17, 15) is 17.6 Å². The molecule has 4 N–H and O–H groups in total. The molecule has 1 aromatic rings. The SMILES string of the molecule is CC(=O)NCCNS(=O)(=O)c1cccc(F)c1CN. The minimum atomic E-state index is -3.84. The van der Waals surface area contributed by atoms with Crippen LogP contribution >= 0.6 is 0 Å². The average molecular weight is 289 g/mol. The van der Waals surface area contributed by atoms with Crippen molar-refractivity contribution in [2.24, 2.45) is 5.73 Å². The molecule has 0 saturated heterocycles. The van der Waals surface area contributed by atoms with Crippen molar-refractivity contribution in [3.8, 4) is 0 Å². The summed E-state index contributed by atoms with van der Waals surface area (Å²) in [6, 6.07) is 3.74. The standard InChI is InChI=1S/C11H16FN3O3S/c1-8(16)14-5-6-15-19(17,18)11-4-2-3-10(12)9(11)7-13/h2-4,15H,5-7,13H2,1H3,(H,14,16). The summed E-state index contributed by atoms with van der Waals surface area (Å²) in [4.78, 5) is 10.4. The highest BCUT2D eigenvalue weighted by atomic mass is 32.2. The number of benzene rings is 1. The molecule has 0 aliphatic carbocycles. The van der Waals surface area contributed by atoms with E-state index < -0.39 is 15.8 Å². The molecule has 106 valence electrons. The lowest BCUT2D eigenvalue weighted by Crippen LogP contribution is -2.34. The molecule has 0 aliphatic heterocycles. The normalized spacial score (nSPS) is 11.3. The second-order valence-electron chi connectivity index (χ2n) is 3.80. The molecule has 0 aliphatic rings. The van der Waals surface area contributed by atoms with Crippen molar-refractivity contribution in [2.45, 2.75) is 18.4 Å². The second-order valence-corrected chi connectivity index (χ2v) is 5.54. The molecule has 6 nitrogen and oxygen atoms in total. The van der Waals surface area contributed by atoms with Gasteiger partial charge in [-0.2, -0.15) is 0 Å². The molecule has 0 bridgehead atoms. The van der Waals surface area contributed by atoms with Crippen LogP contribution in [0.1, 0.15) is 12.5 Å². The monoisotopic (exact) mass is 289 g/mol. The first-order valence-electron chi connectivity index (χ1n) is 5.60. The van der Waals surface area contributed by atoms with E-state index in [0.717, 1.165) is 6.07 Å². The summed E-state index contributed by atoms with van der Waals surface area (Å²) in [6.45, 7) is 1.28. The lowest BCUT2D eigenvalue weighted by atomic mass is 10.2. The third-order valence-corrected chi connectivity index (χ3v) is 3.91. The minimum Gasteiger partial charge on any atom is -0.355 e. The number of amides is 1. The summed E-state index contributed by atoms with van der Waals surface area (Å²) in [5.74, 6) is -0.917. The molecule has 1 rings (SSSR count). The zero-order valence-electron chi connectivity index (χ0n) is 10.4. The van der Waals surface area contributed by atoms with Gasteiger partial charge in [0, 0.05) is 32.1 Å². The molecule has 0 atom stereocenters. The van der Waals surface area contributed by atoms with Crippen molar-refractivity contribution in [3.05, 3.63) is 29.6 Å². The largest absolute Gasteiger partial charge is 0.355 e. The summed E-state index contributed by atoms with van der Waals surface area (Å²) in [7, 11) is -3.84. The highest BCUT2D eigenvalue weighted by Gasteiger charge is 2.19. The van der Waals surface area contributed by atoms with E-state index in [1.54, 1.807) is 0 Å². The predicted molar refractivity (Wildman–Crippen MR) is 68.2 cm³/mol. The molecule has 19 heavy (non-hydrogen) atoms. The first-order chi connectivity index (χ1) is 8.88. The second kappa shape index (κ2) is 6.60. The van der Waals surface area contributed by atoms with Crippen molar-refractivity contribution in [2.75, 3.05) is 13.1 Å². The molecule has 0 heterocycles. The van der Waals surface area contributed by atoms with Crippen LogP contribution in [-0.4, -0.2) is 27.4 Å². The van der Waals surface area contributed by atoms with Gasteiger partial charge in [-0.15, -0.1) is 0 Å². The van der Waals surface area contributed by atoms with Gasteiger partial charge in [-0.1, -0.05) is 6.07 Å². The molecule has 0 aromatic heterocycles. The maximum Gasteiger partial charge on any atom is 0.241 e. The van der Waals surface area contributed by atoms with Crippen LogP contribution in [0.3, 0.4) is 0 Å². The summed E-state index contributed by atoms with van der Waals surface area (Å²) >= 11 is 0. The Kier molecular flexibility index (Phi) is 5.40. The quantitative estimate of drug-likeness (QED) is 0.626. The average Bonchev–Trinajstić information content (AvgIpc) is 2.34. The summed E-state index contributed by atoms with van der Waals surface area (Å²) < 4.78 is 39.6. The molecular weight excluding hydrogens is 273 g/mol. The number of rotatable bonds is 6. The third kappa shape index (κ3) is 4.27. The summed E-state index contributed by atoms with van der Waals surface area (Å²) in [6.07, 6.45) is 0. The molecule has 0 fully saturated rings. The molecule has 0 radical (unpaired) electrons. The van der Waals surface area contributed by atoms with Gasteiger partial charge in [-0.3, -0.25) is 4.79 Å². The first-order valence-corrected chi connectivity index (χ1v) is 7.08. The highest BCUT2D eigenvalue weighted by molar-refractivity contribution is 7.89. The van der Waals surface area contributed by atoms with Crippen molar-refractivity contribution in [3.63, 3.8) is 0 Å². The Morgan fingerprint density at radius 3 is 2.63 bits per heavy atom. The zero-order chi connectivity index (χ0) is 14.5. The highest BCUT2D eigenvalue weighted by Crippen LogP contribution is 2.17. The molecule has 1 aromatic carbocycles. The third-order valence-electron chi connectivity index (χ3n) is 2.36. The van der Waals surface area contributed by atoms with Crippen LogP contribution in [0, 0.1) is 5.82 Å². The number of halogens is 1. The van der Waals surface area contributed by atoms with Gasteiger partial charge < -0.3 is 11.1 Å². The van der Waals surface area contributed by atoms with Crippen LogP contribution in [0.25, 0.3) is 0 Å². The van der Waals surface area contributed by atoms with Gasteiger partial charge in [0.25, 0.3) is 0 Å². The smallest absolute Gasteiger partial charge is 0.241 e. The Labute approximate surface area is 111 Å². The van der Waals surface area contributed by atoms with Crippen LogP contribution < -0.4 is 15.8 Å². The maximum atomic E-state index is 13.4. The van der Waals surface area contributed by atoms with E-state index >= 15 is 0 Å². The fourth-order valence-electron chi connectivity index (χ4n) is 1.49. The topological polar surface area (TPSA) is 101 Å². The molecule has 1 amide bonds. The van der Waals surface area contributed by atoms with E-state index in [1.165, 1.54) is 19.1 Å². The van der Waals surface area contributed by atoms with E-state index in [0.29, 0.717) is 0 Å². The Morgan fingerprint density at radius 2 is 2.05 bits per heavy atom. The van der Waals surface area contributed by atoms with Crippen molar-refractivity contribution >= 4 is 15.9 Å². The molecule has 0 unspecified atom stereocenters. The maximum absolute atomic E-state index is 13.4. The number of nitrogens with one attached hydrogen (secondary N) is 2. The van der Waals surface area contributed by atoms with Gasteiger partial charge in [0.2, 0.25) is 15.9 Å². The molecule has 8 heteroatoms. The van der Waals surface area contributed by atoms with Crippen molar-refractivity contribution in [1.82, 2.24) is 10.0 Å².